The number of hydrogen-bond acceptors (Lipinski definition) is 3. The molecule has 1 aromatic carbocycles. The molecule has 0 atom stereocenters. The van der Waals surface area contributed by atoms with Crippen molar-refractivity contribution in [3.63, 3.8) is 0 Å². The van der Waals surface area contributed by atoms with E-state index in [4.69, 9.17) is 40.5 Å². The topological polar surface area (TPSA) is 72.9 Å². The van der Waals surface area contributed by atoms with E-state index in [9.17, 15) is 4.79 Å². The Morgan fingerprint density at radius 3 is 2.40 bits per heavy atom. The van der Waals surface area contributed by atoms with Gasteiger partial charge in [-0.15, -0.1) is 0 Å². The van der Waals surface area contributed by atoms with Crippen LogP contribution in [0.2, 0.25) is 15.1 Å². The van der Waals surface area contributed by atoms with Crippen LogP contribution in [0.5, 0.6) is 0 Å². The summed E-state index contributed by atoms with van der Waals surface area (Å²) in [5.41, 5.74) is 6.99. The van der Waals surface area contributed by atoms with E-state index < -0.39 is 0 Å². The van der Waals surface area contributed by atoms with Crippen LogP contribution in [0.15, 0.2) is 18.3 Å². The normalized spacial score (nSPS) is 10.6. The molecule has 2 rings (SSSR count). The van der Waals surface area contributed by atoms with E-state index in [1.165, 1.54) is 16.8 Å². The number of benzene rings is 1. The van der Waals surface area contributed by atoms with Gasteiger partial charge in [-0.25, -0.2) is 0 Å². The molecule has 20 heavy (non-hydrogen) atoms. The van der Waals surface area contributed by atoms with Gasteiger partial charge in [0.1, 0.15) is 6.54 Å². The summed E-state index contributed by atoms with van der Waals surface area (Å²) in [5, 5.41) is 7.76. The van der Waals surface area contributed by atoms with Crippen LogP contribution in [0.4, 0.5) is 11.4 Å². The van der Waals surface area contributed by atoms with Crippen molar-refractivity contribution < 1.29 is 4.79 Å². The third-order valence-corrected chi connectivity index (χ3v) is 3.49. The second-order valence-electron chi connectivity index (χ2n) is 4.17. The van der Waals surface area contributed by atoms with Crippen LogP contribution in [0, 0.1) is 6.92 Å². The molecule has 0 saturated carbocycles. The van der Waals surface area contributed by atoms with E-state index in [0.717, 1.165) is 0 Å². The highest BCUT2D eigenvalue weighted by atomic mass is 35.5. The summed E-state index contributed by atoms with van der Waals surface area (Å²) in [6.07, 6.45) is 1.57. The Balaban J connectivity index is 2.12. The number of nitrogens with zero attached hydrogens (tertiary/aromatic N) is 2. The number of nitrogen functional groups attached to an aromatic ring is 1. The summed E-state index contributed by atoms with van der Waals surface area (Å²) >= 11 is 17.8. The molecule has 106 valence electrons. The van der Waals surface area contributed by atoms with Gasteiger partial charge in [0.05, 0.1) is 26.4 Å². The first-order valence-electron chi connectivity index (χ1n) is 5.60. The highest BCUT2D eigenvalue weighted by molar-refractivity contribution is 6.40. The molecule has 3 N–H and O–H groups in total. The van der Waals surface area contributed by atoms with E-state index in [-0.39, 0.29) is 22.5 Å². The quantitative estimate of drug-likeness (QED) is 0.846. The molecule has 0 saturated heterocycles. The monoisotopic (exact) mass is 332 g/mol. The van der Waals surface area contributed by atoms with Crippen molar-refractivity contribution in [2.24, 2.45) is 0 Å². The Kier molecular flexibility index (Phi) is 4.42. The molecular formula is C12H11Cl3N4O. The molecule has 0 spiro atoms. The fraction of sp³-hybridized carbons (Fsp3) is 0.167. The highest BCUT2D eigenvalue weighted by Gasteiger charge is 2.12. The Labute approximate surface area is 130 Å². The minimum absolute atomic E-state index is 0.00456. The van der Waals surface area contributed by atoms with E-state index in [2.05, 4.69) is 10.4 Å². The molecular weight excluding hydrogens is 323 g/mol. The first-order valence-corrected chi connectivity index (χ1v) is 6.74. The maximum Gasteiger partial charge on any atom is 0.246 e. The number of aromatic nitrogens is 2. The number of carbonyl (C=O) groups is 1. The molecule has 0 unspecified atom stereocenters. The lowest BCUT2D eigenvalue weighted by Crippen LogP contribution is -2.19. The van der Waals surface area contributed by atoms with E-state index in [1.807, 2.05) is 0 Å². The number of anilines is 2. The molecule has 1 amide bonds. The van der Waals surface area contributed by atoms with Gasteiger partial charge in [0, 0.05) is 11.9 Å². The number of amides is 1. The van der Waals surface area contributed by atoms with E-state index in [1.54, 1.807) is 13.1 Å². The van der Waals surface area contributed by atoms with Gasteiger partial charge < -0.3 is 11.1 Å². The van der Waals surface area contributed by atoms with Crippen LogP contribution < -0.4 is 11.1 Å². The van der Waals surface area contributed by atoms with Gasteiger partial charge in [0.25, 0.3) is 0 Å². The zero-order valence-corrected chi connectivity index (χ0v) is 12.7. The number of nitrogens with two attached hydrogens (primary N) is 1. The third-order valence-electron chi connectivity index (χ3n) is 2.52. The average Bonchev–Trinajstić information content (AvgIpc) is 2.63. The smallest absolute Gasteiger partial charge is 0.246 e. The lowest BCUT2D eigenvalue weighted by atomic mass is 10.3. The molecule has 1 aromatic heterocycles. The maximum atomic E-state index is 11.9. The minimum atomic E-state index is -0.322. The molecule has 0 fully saturated rings. The average molecular weight is 334 g/mol. The predicted molar refractivity (Wildman–Crippen MR) is 81.5 cm³/mol. The first kappa shape index (κ1) is 15.0. The Morgan fingerprint density at radius 2 is 1.90 bits per heavy atom. The number of hydrogen-bond donors (Lipinski definition) is 2. The van der Waals surface area contributed by atoms with E-state index >= 15 is 0 Å². The molecule has 2 aromatic rings. The molecule has 5 nitrogen and oxygen atoms in total. The van der Waals surface area contributed by atoms with Gasteiger partial charge in [0.15, 0.2) is 0 Å². The van der Waals surface area contributed by atoms with Crippen molar-refractivity contribution in [3.05, 3.63) is 39.1 Å². The van der Waals surface area contributed by atoms with Crippen molar-refractivity contribution in [3.8, 4) is 0 Å². The zero-order valence-electron chi connectivity index (χ0n) is 10.5. The van der Waals surface area contributed by atoms with Gasteiger partial charge in [-0.2, -0.15) is 5.10 Å². The van der Waals surface area contributed by atoms with Crippen LogP contribution >= 0.6 is 34.8 Å². The second kappa shape index (κ2) is 5.91. The largest absolute Gasteiger partial charge is 0.399 e. The van der Waals surface area contributed by atoms with Gasteiger partial charge in [-0.1, -0.05) is 34.8 Å². The van der Waals surface area contributed by atoms with Gasteiger partial charge >= 0.3 is 0 Å². The minimum Gasteiger partial charge on any atom is -0.399 e. The van der Waals surface area contributed by atoms with Crippen molar-refractivity contribution in [2.45, 2.75) is 13.5 Å². The fourth-order valence-electron chi connectivity index (χ4n) is 1.61. The molecule has 1 heterocycles. The summed E-state index contributed by atoms with van der Waals surface area (Å²) < 4.78 is 1.44. The molecule has 0 aliphatic heterocycles. The maximum absolute atomic E-state index is 11.9. The standard InChI is InChI=1S/C12H11Cl3N4O/c1-6-10(15)4-19(18-6)5-11(20)17-12-8(13)2-7(16)3-9(12)14/h2-4H,5,16H2,1H3,(H,17,20). The number of aryl methyl sites for hydroxylation is 1. The van der Waals surface area contributed by atoms with Gasteiger partial charge in [-0.05, 0) is 19.1 Å². The summed E-state index contributed by atoms with van der Waals surface area (Å²) in [4.78, 5) is 11.9. The van der Waals surface area contributed by atoms with Crippen molar-refractivity contribution in [1.29, 1.82) is 0 Å². The molecule has 0 radical (unpaired) electrons. The second-order valence-corrected chi connectivity index (χ2v) is 5.39. The van der Waals surface area contributed by atoms with Crippen LogP contribution in [0.1, 0.15) is 5.69 Å². The molecule has 0 aliphatic carbocycles. The number of halogens is 3. The van der Waals surface area contributed by atoms with E-state index in [0.29, 0.717) is 22.1 Å². The Bertz CT molecular complexity index is 626. The fourth-order valence-corrected chi connectivity index (χ4v) is 2.36. The highest BCUT2D eigenvalue weighted by Crippen LogP contribution is 2.32. The lowest BCUT2D eigenvalue weighted by molar-refractivity contribution is -0.116. The Hall–Kier alpha value is -1.43. The van der Waals surface area contributed by atoms with Gasteiger partial charge in [-0.3, -0.25) is 9.48 Å². The first-order chi connectivity index (χ1) is 9.36. The number of rotatable bonds is 3. The lowest BCUT2D eigenvalue weighted by Gasteiger charge is -2.10. The third kappa shape index (κ3) is 3.36. The summed E-state index contributed by atoms with van der Waals surface area (Å²) in [6, 6.07) is 3.02. The SMILES string of the molecule is Cc1nn(CC(=O)Nc2c(Cl)cc(N)cc2Cl)cc1Cl. The summed E-state index contributed by atoms with van der Waals surface area (Å²) in [7, 11) is 0. The summed E-state index contributed by atoms with van der Waals surface area (Å²) in [5.74, 6) is -0.322. The number of carbonyl (C=O) groups excluding carboxylic acids is 1. The van der Waals surface area contributed by atoms with Crippen LogP contribution in [0.3, 0.4) is 0 Å². The van der Waals surface area contributed by atoms with Gasteiger partial charge in [0.2, 0.25) is 5.91 Å². The number of nitrogens with one attached hydrogen (secondary N) is 1. The van der Waals surface area contributed by atoms with Crippen LogP contribution in [-0.4, -0.2) is 15.7 Å². The Morgan fingerprint density at radius 1 is 1.30 bits per heavy atom. The molecule has 0 bridgehead atoms. The van der Waals surface area contributed by atoms with Crippen LogP contribution in [-0.2, 0) is 11.3 Å². The summed E-state index contributed by atoms with van der Waals surface area (Å²) in [6.45, 7) is 1.76. The predicted octanol–water partition coefficient (Wildman–Crippen LogP) is 3.37. The molecule has 8 heteroatoms. The van der Waals surface area contributed by atoms with Crippen molar-refractivity contribution in [1.82, 2.24) is 9.78 Å². The van der Waals surface area contributed by atoms with Crippen molar-refractivity contribution in [2.75, 3.05) is 11.1 Å². The van der Waals surface area contributed by atoms with Crippen LogP contribution in [0.25, 0.3) is 0 Å². The van der Waals surface area contributed by atoms with Crippen molar-refractivity contribution >= 4 is 52.1 Å². The molecule has 0 aliphatic rings. The zero-order chi connectivity index (χ0) is 14.9.